The van der Waals surface area contributed by atoms with Crippen molar-refractivity contribution >= 4 is 22.4 Å². The van der Waals surface area contributed by atoms with Crippen LogP contribution in [0.4, 0.5) is 5.13 Å². The van der Waals surface area contributed by atoms with Crippen molar-refractivity contribution in [3.8, 4) is 0 Å². The standard InChI is InChI=1S/C16H24N4O3S/c1-12-17-18-15(24-12)20-10-16(11-20)13(4-7-23-16)8-22-9-14(21)19-5-2-3-6-19/h13H,2-11H2,1H3/t13-/m1/s1. The van der Waals surface area contributed by atoms with E-state index in [0.717, 1.165) is 62.2 Å². The molecular weight excluding hydrogens is 328 g/mol. The number of rotatable bonds is 5. The summed E-state index contributed by atoms with van der Waals surface area (Å²) in [6.45, 7) is 7.00. The van der Waals surface area contributed by atoms with E-state index < -0.39 is 0 Å². The normalized spacial score (nSPS) is 25.5. The van der Waals surface area contributed by atoms with Gasteiger partial charge in [-0.3, -0.25) is 4.79 Å². The highest BCUT2D eigenvalue weighted by molar-refractivity contribution is 7.15. The fourth-order valence-electron chi connectivity index (χ4n) is 3.87. The minimum atomic E-state index is -0.129. The summed E-state index contributed by atoms with van der Waals surface area (Å²) in [6, 6.07) is 0. The lowest BCUT2D eigenvalue weighted by Gasteiger charge is -2.49. The van der Waals surface area contributed by atoms with Crippen LogP contribution in [0.25, 0.3) is 0 Å². The molecule has 1 aromatic heterocycles. The first kappa shape index (κ1) is 16.2. The number of likely N-dealkylation sites (tertiary alicyclic amines) is 1. The number of anilines is 1. The molecular formula is C16H24N4O3S. The molecule has 0 aromatic carbocycles. The summed E-state index contributed by atoms with van der Waals surface area (Å²) in [4.78, 5) is 16.2. The second kappa shape index (κ2) is 6.57. The van der Waals surface area contributed by atoms with Gasteiger partial charge in [0.2, 0.25) is 11.0 Å². The summed E-state index contributed by atoms with van der Waals surface area (Å²) < 4.78 is 11.8. The monoisotopic (exact) mass is 352 g/mol. The van der Waals surface area contributed by atoms with E-state index in [2.05, 4.69) is 15.1 Å². The summed E-state index contributed by atoms with van der Waals surface area (Å²) in [5, 5.41) is 10.2. The van der Waals surface area contributed by atoms with E-state index in [-0.39, 0.29) is 18.1 Å². The lowest BCUT2D eigenvalue weighted by molar-refractivity contribution is -0.136. The first-order valence-corrected chi connectivity index (χ1v) is 9.52. The van der Waals surface area contributed by atoms with Gasteiger partial charge in [-0.25, -0.2) is 0 Å². The van der Waals surface area contributed by atoms with Crippen LogP contribution < -0.4 is 4.90 Å². The van der Waals surface area contributed by atoms with Gasteiger partial charge >= 0.3 is 0 Å². The summed E-state index contributed by atoms with van der Waals surface area (Å²) in [5.74, 6) is 0.481. The summed E-state index contributed by atoms with van der Waals surface area (Å²) >= 11 is 1.62. The zero-order chi connectivity index (χ0) is 16.6. The van der Waals surface area contributed by atoms with Crippen LogP contribution in [0.2, 0.25) is 0 Å². The van der Waals surface area contributed by atoms with Crippen LogP contribution in [0, 0.1) is 12.8 Å². The van der Waals surface area contributed by atoms with Gasteiger partial charge in [-0.1, -0.05) is 11.3 Å². The Morgan fingerprint density at radius 3 is 2.88 bits per heavy atom. The number of carbonyl (C=O) groups excluding carboxylic acids is 1. The van der Waals surface area contributed by atoms with Crippen molar-refractivity contribution in [3.05, 3.63) is 5.01 Å². The van der Waals surface area contributed by atoms with Crippen LogP contribution in [0.15, 0.2) is 0 Å². The minimum absolute atomic E-state index is 0.125. The van der Waals surface area contributed by atoms with Crippen LogP contribution >= 0.6 is 11.3 Å². The largest absolute Gasteiger partial charge is 0.371 e. The molecule has 1 aromatic rings. The van der Waals surface area contributed by atoms with Crippen LogP contribution in [0.3, 0.4) is 0 Å². The summed E-state index contributed by atoms with van der Waals surface area (Å²) in [5.41, 5.74) is -0.129. The zero-order valence-corrected chi connectivity index (χ0v) is 14.9. The molecule has 3 aliphatic heterocycles. The van der Waals surface area contributed by atoms with E-state index in [0.29, 0.717) is 12.5 Å². The third-order valence-electron chi connectivity index (χ3n) is 5.31. The fourth-order valence-corrected chi connectivity index (χ4v) is 4.55. The lowest BCUT2D eigenvalue weighted by Crippen LogP contribution is -2.65. The molecule has 132 valence electrons. The van der Waals surface area contributed by atoms with Gasteiger partial charge in [0.05, 0.1) is 19.7 Å². The van der Waals surface area contributed by atoms with Crippen LogP contribution in [0.1, 0.15) is 24.3 Å². The number of carbonyl (C=O) groups is 1. The molecule has 4 heterocycles. The number of amides is 1. The van der Waals surface area contributed by atoms with Gasteiger partial charge in [-0.05, 0) is 26.2 Å². The molecule has 8 heteroatoms. The van der Waals surface area contributed by atoms with Crippen LogP contribution in [-0.4, -0.2) is 72.6 Å². The number of aromatic nitrogens is 2. The smallest absolute Gasteiger partial charge is 0.248 e. The highest BCUT2D eigenvalue weighted by atomic mass is 32.1. The van der Waals surface area contributed by atoms with E-state index in [4.69, 9.17) is 9.47 Å². The average molecular weight is 352 g/mol. The van der Waals surface area contributed by atoms with Crippen molar-refractivity contribution in [2.24, 2.45) is 5.92 Å². The number of aryl methyl sites for hydroxylation is 1. The maximum absolute atomic E-state index is 12.1. The topological polar surface area (TPSA) is 67.8 Å². The maximum Gasteiger partial charge on any atom is 0.248 e. The number of hydrogen-bond acceptors (Lipinski definition) is 7. The first-order valence-electron chi connectivity index (χ1n) is 8.71. The molecule has 4 rings (SSSR count). The van der Waals surface area contributed by atoms with Gasteiger partial charge in [0.15, 0.2) is 0 Å². The third-order valence-corrected chi connectivity index (χ3v) is 6.21. The van der Waals surface area contributed by atoms with Gasteiger partial charge < -0.3 is 19.3 Å². The highest BCUT2D eigenvalue weighted by Gasteiger charge is 2.53. The highest BCUT2D eigenvalue weighted by Crippen LogP contribution is 2.42. The maximum atomic E-state index is 12.1. The first-order chi connectivity index (χ1) is 11.7. The minimum Gasteiger partial charge on any atom is -0.371 e. The van der Waals surface area contributed by atoms with Crippen molar-refractivity contribution in [2.75, 3.05) is 50.9 Å². The number of ether oxygens (including phenoxy) is 2. The van der Waals surface area contributed by atoms with Crippen molar-refractivity contribution in [1.29, 1.82) is 0 Å². The zero-order valence-electron chi connectivity index (χ0n) is 14.1. The van der Waals surface area contributed by atoms with Gasteiger partial charge in [0, 0.05) is 25.6 Å². The quantitative estimate of drug-likeness (QED) is 0.790. The van der Waals surface area contributed by atoms with Crippen molar-refractivity contribution in [2.45, 2.75) is 31.8 Å². The molecule has 3 fully saturated rings. The average Bonchev–Trinajstić information content (AvgIpc) is 3.25. The Kier molecular flexibility index (Phi) is 4.44. The predicted octanol–water partition coefficient (Wildman–Crippen LogP) is 1.08. The Morgan fingerprint density at radius 2 is 2.17 bits per heavy atom. The number of hydrogen-bond donors (Lipinski definition) is 0. The molecule has 0 radical (unpaired) electrons. The third kappa shape index (κ3) is 3.02. The second-order valence-electron chi connectivity index (χ2n) is 6.96. The summed E-state index contributed by atoms with van der Waals surface area (Å²) in [7, 11) is 0. The number of nitrogens with zero attached hydrogens (tertiary/aromatic N) is 4. The van der Waals surface area contributed by atoms with E-state index in [9.17, 15) is 4.79 Å². The molecule has 0 unspecified atom stereocenters. The molecule has 0 aliphatic carbocycles. The Morgan fingerprint density at radius 1 is 1.38 bits per heavy atom. The molecule has 1 atom stereocenters. The Hall–Kier alpha value is -1.25. The molecule has 1 spiro atoms. The fraction of sp³-hybridized carbons (Fsp3) is 0.812. The molecule has 1 amide bonds. The molecule has 7 nitrogen and oxygen atoms in total. The van der Waals surface area contributed by atoms with Crippen LogP contribution in [-0.2, 0) is 14.3 Å². The van der Waals surface area contributed by atoms with Gasteiger partial charge in [-0.2, -0.15) is 0 Å². The Labute approximate surface area is 145 Å². The van der Waals surface area contributed by atoms with Gasteiger partial charge in [0.25, 0.3) is 0 Å². The Balaban J connectivity index is 1.26. The van der Waals surface area contributed by atoms with Crippen molar-refractivity contribution in [3.63, 3.8) is 0 Å². The Bertz CT molecular complexity index is 596. The van der Waals surface area contributed by atoms with Gasteiger partial charge in [-0.15, -0.1) is 10.2 Å². The van der Waals surface area contributed by atoms with Crippen molar-refractivity contribution in [1.82, 2.24) is 15.1 Å². The molecule has 3 saturated heterocycles. The van der Waals surface area contributed by atoms with Crippen molar-refractivity contribution < 1.29 is 14.3 Å². The van der Waals surface area contributed by atoms with E-state index >= 15 is 0 Å². The second-order valence-corrected chi connectivity index (χ2v) is 8.12. The molecule has 3 aliphatic rings. The van der Waals surface area contributed by atoms with E-state index in [1.807, 2.05) is 11.8 Å². The molecule has 0 bridgehead atoms. The molecule has 0 saturated carbocycles. The molecule has 0 N–H and O–H groups in total. The predicted molar refractivity (Wildman–Crippen MR) is 90.3 cm³/mol. The SMILES string of the molecule is Cc1nnc(N2CC3(C2)OCC[C@@H]3COCC(=O)N2CCCC2)s1. The van der Waals surface area contributed by atoms with E-state index in [1.54, 1.807) is 11.3 Å². The molecule has 24 heavy (non-hydrogen) atoms. The van der Waals surface area contributed by atoms with E-state index in [1.165, 1.54) is 0 Å². The summed E-state index contributed by atoms with van der Waals surface area (Å²) in [6.07, 6.45) is 3.24. The lowest BCUT2D eigenvalue weighted by atomic mass is 9.81. The van der Waals surface area contributed by atoms with Crippen LogP contribution in [0.5, 0.6) is 0 Å². The van der Waals surface area contributed by atoms with Gasteiger partial charge in [0.1, 0.15) is 17.2 Å².